The first kappa shape index (κ1) is 16.0. The van der Waals surface area contributed by atoms with Gasteiger partial charge in [-0.2, -0.15) is 0 Å². The van der Waals surface area contributed by atoms with Gasteiger partial charge in [0, 0.05) is 30.5 Å². The molecule has 1 aliphatic rings. The van der Waals surface area contributed by atoms with Crippen molar-refractivity contribution in [3.05, 3.63) is 34.3 Å². The van der Waals surface area contributed by atoms with Crippen LogP contribution in [0.1, 0.15) is 31.4 Å². The molecule has 21 heavy (non-hydrogen) atoms. The van der Waals surface area contributed by atoms with Gasteiger partial charge in [-0.3, -0.25) is 9.59 Å². The molecule has 0 aromatic heterocycles. The van der Waals surface area contributed by atoms with Gasteiger partial charge in [-0.25, -0.2) is 0 Å². The summed E-state index contributed by atoms with van der Waals surface area (Å²) in [5, 5.41) is 2.85. The van der Waals surface area contributed by atoms with Gasteiger partial charge in [-0.15, -0.1) is 0 Å². The normalized spacial score (nSPS) is 19.4. The smallest absolute Gasteiger partial charge is 0.225 e. The van der Waals surface area contributed by atoms with E-state index >= 15 is 0 Å². The van der Waals surface area contributed by atoms with E-state index in [9.17, 15) is 9.59 Å². The minimum atomic E-state index is -0.306. The summed E-state index contributed by atoms with van der Waals surface area (Å²) in [5.74, 6) is -0.113. The molecule has 2 atom stereocenters. The molecule has 0 radical (unpaired) electrons. The molecule has 6 heteroatoms. The van der Waals surface area contributed by atoms with Crippen molar-refractivity contribution in [1.29, 1.82) is 0 Å². The molecule has 114 valence electrons. The number of carbonyl (C=O) groups is 2. The predicted octanol–water partition coefficient (Wildman–Crippen LogP) is 1.58. The zero-order valence-electron chi connectivity index (χ0n) is 12.0. The Balaban J connectivity index is 2.07. The van der Waals surface area contributed by atoms with Gasteiger partial charge >= 0.3 is 0 Å². The third-order valence-electron chi connectivity index (χ3n) is 3.61. The lowest BCUT2D eigenvalue weighted by molar-refractivity contribution is -0.131. The van der Waals surface area contributed by atoms with Gasteiger partial charge in [0.25, 0.3) is 0 Å². The lowest BCUT2D eigenvalue weighted by Gasteiger charge is -2.22. The Labute approximate surface area is 133 Å². The average molecular weight is 354 g/mol. The SMILES string of the molecule is CC(=O)N[C@@H](CC(=O)N1CC[C@H](N)C1)c1ccc(Br)cc1. The molecule has 0 bridgehead atoms. The van der Waals surface area contributed by atoms with Gasteiger partial charge in [0.1, 0.15) is 0 Å². The number of hydrogen-bond donors (Lipinski definition) is 2. The highest BCUT2D eigenvalue weighted by Crippen LogP contribution is 2.21. The van der Waals surface area contributed by atoms with Crippen LogP contribution in [0.4, 0.5) is 0 Å². The van der Waals surface area contributed by atoms with Crippen molar-refractivity contribution >= 4 is 27.7 Å². The van der Waals surface area contributed by atoms with E-state index in [1.807, 2.05) is 24.3 Å². The van der Waals surface area contributed by atoms with Crippen molar-refractivity contribution in [1.82, 2.24) is 10.2 Å². The number of likely N-dealkylation sites (tertiary alicyclic amines) is 1. The fourth-order valence-electron chi connectivity index (χ4n) is 2.51. The molecule has 2 amide bonds. The van der Waals surface area contributed by atoms with Crippen molar-refractivity contribution in [2.75, 3.05) is 13.1 Å². The second-order valence-electron chi connectivity index (χ2n) is 5.40. The molecule has 1 heterocycles. The van der Waals surface area contributed by atoms with Crippen molar-refractivity contribution in [2.24, 2.45) is 5.73 Å². The second-order valence-corrected chi connectivity index (χ2v) is 6.31. The van der Waals surface area contributed by atoms with Crippen LogP contribution in [0.3, 0.4) is 0 Å². The highest BCUT2D eigenvalue weighted by molar-refractivity contribution is 9.10. The van der Waals surface area contributed by atoms with Gasteiger partial charge in [0.05, 0.1) is 12.5 Å². The Hall–Kier alpha value is -1.40. The van der Waals surface area contributed by atoms with Crippen LogP contribution in [0.15, 0.2) is 28.7 Å². The number of rotatable bonds is 4. The van der Waals surface area contributed by atoms with Crippen molar-refractivity contribution in [2.45, 2.75) is 31.8 Å². The van der Waals surface area contributed by atoms with Gasteiger partial charge in [-0.1, -0.05) is 28.1 Å². The van der Waals surface area contributed by atoms with Gasteiger partial charge in [0.15, 0.2) is 0 Å². The highest BCUT2D eigenvalue weighted by Gasteiger charge is 2.26. The van der Waals surface area contributed by atoms with Crippen LogP contribution in [0, 0.1) is 0 Å². The Kier molecular flexibility index (Phi) is 5.36. The maximum atomic E-state index is 12.3. The fourth-order valence-corrected chi connectivity index (χ4v) is 2.77. The minimum absolute atomic E-state index is 0.0321. The van der Waals surface area contributed by atoms with Crippen LogP contribution in [0.25, 0.3) is 0 Å². The summed E-state index contributed by atoms with van der Waals surface area (Å²) in [7, 11) is 0. The number of carbonyl (C=O) groups excluding carboxylic acids is 2. The largest absolute Gasteiger partial charge is 0.349 e. The summed E-state index contributed by atoms with van der Waals surface area (Å²) >= 11 is 3.38. The maximum absolute atomic E-state index is 12.3. The van der Waals surface area contributed by atoms with E-state index < -0.39 is 0 Å². The van der Waals surface area contributed by atoms with Crippen LogP contribution in [-0.4, -0.2) is 35.8 Å². The van der Waals surface area contributed by atoms with Crippen LogP contribution in [0.2, 0.25) is 0 Å². The van der Waals surface area contributed by atoms with Gasteiger partial charge in [-0.05, 0) is 24.1 Å². The number of nitrogens with two attached hydrogens (primary N) is 1. The summed E-state index contributed by atoms with van der Waals surface area (Å²) in [4.78, 5) is 25.5. The van der Waals surface area contributed by atoms with Crippen molar-refractivity contribution < 1.29 is 9.59 Å². The maximum Gasteiger partial charge on any atom is 0.225 e. The molecule has 5 nitrogen and oxygen atoms in total. The quantitative estimate of drug-likeness (QED) is 0.862. The van der Waals surface area contributed by atoms with E-state index in [2.05, 4.69) is 21.2 Å². The summed E-state index contributed by atoms with van der Waals surface area (Å²) in [6.07, 6.45) is 1.10. The molecule has 0 aliphatic carbocycles. The van der Waals surface area contributed by atoms with Crippen LogP contribution in [-0.2, 0) is 9.59 Å². The fraction of sp³-hybridized carbons (Fsp3) is 0.467. The van der Waals surface area contributed by atoms with Crippen LogP contribution in [0.5, 0.6) is 0 Å². The van der Waals surface area contributed by atoms with Crippen LogP contribution >= 0.6 is 15.9 Å². The molecule has 0 spiro atoms. The van der Waals surface area contributed by atoms with Gasteiger partial charge < -0.3 is 16.0 Å². The zero-order valence-corrected chi connectivity index (χ0v) is 13.6. The van der Waals surface area contributed by atoms with Crippen LogP contribution < -0.4 is 11.1 Å². The zero-order chi connectivity index (χ0) is 15.4. The standard InChI is InChI=1S/C15H20BrN3O2/c1-10(20)18-14(11-2-4-12(16)5-3-11)8-15(21)19-7-6-13(17)9-19/h2-5,13-14H,6-9,17H2,1H3,(H,18,20)/t13-,14-/m0/s1. The summed E-state index contributed by atoms with van der Waals surface area (Å²) in [5.41, 5.74) is 6.75. The molecule has 1 aromatic rings. The Morgan fingerprint density at radius 2 is 2.10 bits per heavy atom. The first-order valence-corrected chi connectivity index (χ1v) is 7.81. The topological polar surface area (TPSA) is 75.4 Å². The molecular weight excluding hydrogens is 334 g/mol. The Morgan fingerprint density at radius 3 is 2.62 bits per heavy atom. The number of nitrogens with zero attached hydrogens (tertiary/aromatic N) is 1. The molecule has 0 unspecified atom stereocenters. The molecular formula is C15H20BrN3O2. The van der Waals surface area contributed by atoms with Crippen molar-refractivity contribution in [3.8, 4) is 0 Å². The minimum Gasteiger partial charge on any atom is -0.349 e. The van der Waals surface area contributed by atoms with E-state index in [1.165, 1.54) is 6.92 Å². The molecule has 3 N–H and O–H groups in total. The van der Waals surface area contributed by atoms with E-state index in [-0.39, 0.29) is 30.3 Å². The van der Waals surface area contributed by atoms with Gasteiger partial charge in [0.2, 0.25) is 11.8 Å². The number of benzene rings is 1. The first-order chi connectivity index (χ1) is 9.95. The number of nitrogens with one attached hydrogen (secondary N) is 1. The first-order valence-electron chi connectivity index (χ1n) is 7.01. The molecule has 2 rings (SSSR count). The number of amides is 2. The molecule has 1 saturated heterocycles. The van der Waals surface area contributed by atoms with E-state index in [4.69, 9.17) is 5.73 Å². The summed E-state index contributed by atoms with van der Waals surface area (Å²) < 4.78 is 0.963. The average Bonchev–Trinajstić information content (AvgIpc) is 2.85. The second kappa shape index (κ2) is 7.04. The molecule has 1 aromatic carbocycles. The molecule has 0 saturated carbocycles. The molecule has 1 fully saturated rings. The van der Waals surface area contributed by atoms with E-state index in [0.717, 1.165) is 16.5 Å². The summed E-state index contributed by atoms with van der Waals surface area (Å²) in [6.45, 7) is 2.77. The highest BCUT2D eigenvalue weighted by atomic mass is 79.9. The number of hydrogen-bond acceptors (Lipinski definition) is 3. The Morgan fingerprint density at radius 1 is 1.43 bits per heavy atom. The third kappa shape index (κ3) is 4.54. The molecule has 1 aliphatic heterocycles. The van der Waals surface area contributed by atoms with Crippen molar-refractivity contribution in [3.63, 3.8) is 0 Å². The summed E-state index contributed by atoms with van der Waals surface area (Å²) in [6, 6.07) is 7.39. The van der Waals surface area contributed by atoms with E-state index in [0.29, 0.717) is 13.1 Å². The lowest BCUT2D eigenvalue weighted by Crippen LogP contribution is -2.36. The predicted molar refractivity (Wildman–Crippen MR) is 84.5 cm³/mol. The lowest BCUT2D eigenvalue weighted by atomic mass is 10.0. The van der Waals surface area contributed by atoms with E-state index in [1.54, 1.807) is 4.90 Å². The Bertz CT molecular complexity index is 518. The monoisotopic (exact) mass is 353 g/mol. The third-order valence-corrected chi connectivity index (χ3v) is 4.13. The number of halogens is 1.